The molecule has 0 radical (unpaired) electrons. The summed E-state index contributed by atoms with van der Waals surface area (Å²) in [6.45, 7) is 9.46. The molecule has 0 aliphatic carbocycles. The minimum Gasteiger partial charge on any atom is -0.356 e. The van der Waals surface area contributed by atoms with Crippen LogP contribution in [0.15, 0.2) is 12.4 Å². The summed E-state index contributed by atoms with van der Waals surface area (Å²) in [5.41, 5.74) is 0. The highest BCUT2D eigenvalue weighted by Crippen LogP contribution is 2.24. The van der Waals surface area contributed by atoms with E-state index >= 15 is 0 Å². The molecule has 1 atom stereocenters. The van der Waals surface area contributed by atoms with Gasteiger partial charge in [-0.1, -0.05) is 188 Å². The maximum Gasteiger partial charge on any atom is 0.101 e. The molecule has 1 heterocycles. The molecule has 0 amide bonds. The van der Waals surface area contributed by atoms with Crippen molar-refractivity contribution in [1.29, 1.82) is 0 Å². The molecule has 0 bridgehead atoms. The van der Waals surface area contributed by atoms with Gasteiger partial charge in [-0.25, -0.2) is 0 Å². The summed E-state index contributed by atoms with van der Waals surface area (Å²) in [4.78, 5) is 5.38. The Hall–Kier alpha value is -0.660. The Morgan fingerprint density at radius 3 is 0.925 bits per heavy atom. The first-order chi connectivity index (χ1) is 19.8. The van der Waals surface area contributed by atoms with Crippen LogP contribution < -0.4 is 0 Å². The maximum atomic E-state index is 2.70. The van der Waals surface area contributed by atoms with Gasteiger partial charge in [0.05, 0.1) is 0 Å². The van der Waals surface area contributed by atoms with Crippen LogP contribution >= 0.6 is 0 Å². The average molecular weight is 561 g/mol. The molecule has 0 aromatic carbocycles. The van der Waals surface area contributed by atoms with Crippen LogP contribution in [0.2, 0.25) is 0 Å². The van der Waals surface area contributed by atoms with Crippen molar-refractivity contribution in [3.63, 3.8) is 0 Å². The molecule has 2 nitrogen and oxygen atoms in total. The molecule has 40 heavy (non-hydrogen) atoms. The van der Waals surface area contributed by atoms with E-state index < -0.39 is 0 Å². The van der Waals surface area contributed by atoms with Crippen LogP contribution in [0.1, 0.15) is 213 Å². The summed E-state index contributed by atoms with van der Waals surface area (Å²) in [7, 11) is 0. The summed E-state index contributed by atoms with van der Waals surface area (Å²) in [6, 6.07) is 0. The molecule has 1 rings (SSSR count). The molecule has 1 unspecified atom stereocenters. The lowest BCUT2D eigenvalue weighted by Gasteiger charge is -2.33. The molecule has 1 aliphatic heterocycles. The van der Waals surface area contributed by atoms with E-state index in [0.29, 0.717) is 6.17 Å². The molecular formula is C38H76N2. The third-order valence-corrected chi connectivity index (χ3v) is 9.32. The molecule has 1 aliphatic rings. The van der Waals surface area contributed by atoms with Crippen LogP contribution in [0.25, 0.3) is 0 Å². The van der Waals surface area contributed by atoms with Crippen molar-refractivity contribution in [3.8, 4) is 0 Å². The van der Waals surface area contributed by atoms with E-state index in [2.05, 4.69) is 43.0 Å². The van der Waals surface area contributed by atoms with Crippen molar-refractivity contribution in [2.24, 2.45) is 0 Å². The predicted octanol–water partition coefficient (Wildman–Crippen LogP) is 13.2. The van der Waals surface area contributed by atoms with Crippen LogP contribution in [0.4, 0.5) is 0 Å². The van der Waals surface area contributed by atoms with Gasteiger partial charge in [0.1, 0.15) is 6.17 Å². The summed E-state index contributed by atoms with van der Waals surface area (Å²) in [5.74, 6) is 0. The number of rotatable bonds is 32. The Morgan fingerprint density at radius 2 is 0.575 bits per heavy atom. The molecule has 2 heteroatoms. The topological polar surface area (TPSA) is 6.48 Å². The monoisotopic (exact) mass is 561 g/mol. The van der Waals surface area contributed by atoms with E-state index in [-0.39, 0.29) is 0 Å². The first-order valence-corrected chi connectivity index (χ1v) is 19.0. The second kappa shape index (κ2) is 29.8. The highest BCUT2D eigenvalue weighted by atomic mass is 15.4. The van der Waals surface area contributed by atoms with Crippen LogP contribution in [0.3, 0.4) is 0 Å². The van der Waals surface area contributed by atoms with Crippen molar-refractivity contribution in [2.75, 3.05) is 13.1 Å². The van der Waals surface area contributed by atoms with Gasteiger partial charge in [-0.2, -0.15) is 0 Å². The number of hydrogen-bond acceptors (Lipinski definition) is 2. The number of unbranched alkanes of at least 4 members (excludes halogenated alkanes) is 26. The molecule has 0 saturated heterocycles. The van der Waals surface area contributed by atoms with Crippen LogP contribution in [-0.4, -0.2) is 29.1 Å². The van der Waals surface area contributed by atoms with Gasteiger partial charge in [-0.3, -0.25) is 0 Å². The van der Waals surface area contributed by atoms with Crippen molar-refractivity contribution in [1.82, 2.24) is 9.80 Å². The molecule has 0 spiro atoms. The second-order valence-corrected chi connectivity index (χ2v) is 13.2. The summed E-state index contributed by atoms with van der Waals surface area (Å²) in [5, 5.41) is 0. The quantitative estimate of drug-likeness (QED) is 0.0755. The zero-order valence-electron chi connectivity index (χ0n) is 28.3. The van der Waals surface area contributed by atoms with Crippen molar-refractivity contribution < 1.29 is 0 Å². The fourth-order valence-electron chi connectivity index (χ4n) is 6.54. The molecule has 0 aromatic heterocycles. The Balaban J connectivity index is 2.09. The van der Waals surface area contributed by atoms with Crippen LogP contribution in [-0.2, 0) is 0 Å². The van der Waals surface area contributed by atoms with E-state index in [1.165, 1.54) is 206 Å². The van der Waals surface area contributed by atoms with Gasteiger partial charge in [0, 0.05) is 25.5 Å². The lowest BCUT2D eigenvalue weighted by molar-refractivity contribution is 0.135. The van der Waals surface area contributed by atoms with Gasteiger partial charge in [-0.05, 0) is 25.7 Å². The fourth-order valence-corrected chi connectivity index (χ4v) is 6.54. The minimum atomic E-state index is 0.641. The van der Waals surface area contributed by atoms with E-state index in [1.807, 2.05) is 0 Å². The molecule has 0 fully saturated rings. The van der Waals surface area contributed by atoms with E-state index in [1.54, 1.807) is 0 Å². The Kier molecular flexibility index (Phi) is 27.9. The highest BCUT2D eigenvalue weighted by Gasteiger charge is 2.24. The zero-order chi connectivity index (χ0) is 28.8. The van der Waals surface area contributed by atoms with Gasteiger partial charge in [0.25, 0.3) is 0 Å². The largest absolute Gasteiger partial charge is 0.356 e. The van der Waals surface area contributed by atoms with Gasteiger partial charge < -0.3 is 9.80 Å². The van der Waals surface area contributed by atoms with E-state index in [4.69, 9.17) is 0 Å². The molecule has 0 N–H and O–H groups in total. The lowest BCUT2D eigenvalue weighted by atomic mass is 10.0. The standard InChI is InChI=1S/C38H76N2/c1-4-7-10-12-14-16-18-20-21-22-24-26-28-30-33-38-39(34-31-9-6-3)36-37-40(38)35-32-29-27-25-23-19-17-15-13-11-8-5-2/h36-38H,4-35H2,1-3H3. The predicted molar refractivity (Wildman–Crippen MR) is 182 cm³/mol. The van der Waals surface area contributed by atoms with Crippen LogP contribution in [0.5, 0.6) is 0 Å². The lowest BCUT2D eigenvalue weighted by Crippen LogP contribution is -2.39. The van der Waals surface area contributed by atoms with Crippen molar-refractivity contribution in [2.45, 2.75) is 220 Å². The van der Waals surface area contributed by atoms with Gasteiger partial charge >= 0.3 is 0 Å². The highest BCUT2D eigenvalue weighted by molar-refractivity contribution is 4.97. The normalized spacial score (nSPS) is 15.1. The Morgan fingerprint density at radius 1 is 0.325 bits per heavy atom. The first kappa shape index (κ1) is 37.4. The van der Waals surface area contributed by atoms with E-state index in [9.17, 15) is 0 Å². The van der Waals surface area contributed by atoms with Crippen molar-refractivity contribution in [3.05, 3.63) is 12.4 Å². The van der Waals surface area contributed by atoms with Crippen molar-refractivity contribution >= 4 is 0 Å². The van der Waals surface area contributed by atoms with Crippen LogP contribution in [0, 0.1) is 0 Å². The summed E-state index contributed by atoms with van der Waals surface area (Å²) >= 11 is 0. The summed E-state index contributed by atoms with van der Waals surface area (Å²) < 4.78 is 0. The number of nitrogens with zero attached hydrogens (tertiary/aromatic N) is 2. The maximum absolute atomic E-state index is 2.70. The third kappa shape index (κ3) is 22.0. The molecule has 0 saturated carbocycles. The van der Waals surface area contributed by atoms with Gasteiger partial charge in [0.15, 0.2) is 0 Å². The molecule has 238 valence electrons. The Bertz CT molecular complexity index is 516. The third-order valence-electron chi connectivity index (χ3n) is 9.32. The van der Waals surface area contributed by atoms with E-state index in [0.717, 1.165) is 0 Å². The second-order valence-electron chi connectivity index (χ2n) is 13.2. The molecule has 0 aromatic rings. The molecular weight excluding hydrogens is 484 g/mol. The average Bonchev–Trinajstić information content (AvgIpc) is 3.35. The number of hydrogen-bond donors (Lipinski definition) is 0. The Labute approximate surface area is 254 Å². The summed E-state index contributed by atoms with van der Waals surface area (Å²) in [6.07, 6.45) is 48.5. The smallest absolute Gasteiger partial charge is 0.101 e. The zero-order valence-corrected chi connectivity index (χ0v) is 28.3. The SMILES string of the molecule is CCCCCCCCCCCCCCCCC1N(CCCCC)C=CN1CCCCCCCCCCCCCC. The minimum absolute atomic E-state index is 0.641. The van der Waals surface area contributed by atoms with Gasteiger partial charge in [-0.15, -0.1) is 0 Å². The fraction of sp³-hybridized carbons (Fsp3) is 0.947. The van der Waals surface area contributed by atoms with Gasteiger partial charge in [0.2, 0.25) is 0 Å². The first-order valence-electron chi connectivity index (χ1n) is 19.0.